The maximum Gasteiger partial charge on any atom is 0.221 e. The molecule has 0 atom stereocenters. The minimum absolute atomic E-state index is 0.560. The summed E-state index contributed by atoms with van der Waals surface area (Å²) < 4.78 is 7.11. The number of rotatable bonds is 4. The molecule has 3 rings (SSSR count). The Morgan fingerprint density at radius 1 is 1.14 bits per heavy atom. The van der Waals surface area contributed by atoms with Gasteiger partial charge in [-0.1, -0.05) is 35.3 Å². The monoisotopic (exact) mass is 333 g/mol. The van der Waals surface area contributed by atoms with Crippen LogP contribution >= 0.6 is 23.2 Å². The molecule has 0 amide bonds. The van der Waals surface area contributed by atoms with Crippen LogP contribution in [0.25, 0.3) is 11.1 Å². The molecular weight excluding hydrogens is 321 g/mol. The van der Waals surface area contributed by atoms with Crippen LogP contribution in [0.1, 0.15) is 5.56 Å². The average molecular weight is 334 g/mol. The fourth-order valence-corrected chi connectivity index (χ4v) is 2.57. The smallest absolute Gasteiger partial charge is 0.221 e. The van der Waals surface area contributed by atoms with Gasteiger partial charge in [-0.3, -0.25) is 4.68 Å². The maximum atomic E-state index is 6.07. The first-order valence-corrected chi connectivity index (χ1v) is 7.38. The van der Waals surface area contributed by atoms with Gasteiger partial charge in [-0.25, -0.2) is 4.98 Å². The standard InChI is InChI=1S/C16H13Cl2N3O/c1-22-16-15(12-3-2-4-13(17)6-12)5-11(7-19-16)9-21-10-14(18)8-20-21/h2-8,10H,9H2,1H3. The summed E-state index contributed by atoms with van der Waals surface area (Å²) in [6.45, 7) is 0.581. The predicted octanol–water partition coefficient (Wildman–Crippen LogP) is 4.31. The highest BCUT2D eigenvalue weighted by atomic mass is 35.5. The third kappa shape index (κ3) is 3.24. The summed E-state index contributed by atoms with van der Waals surface area (Å²) in [6.07, 6.45) is 5.14. The molecule has 6 heteroatoms. The van der Waals surface area contributed by atoms with Crippen molar-refractivity contribution in [3.63, 3.8) is 0 Å². The summed E-state index contributed by atoms with van der Waals surface area (Å²) in [5.74, 6) is 0.560. The highest BCUT2D eigenvalue weighted by Crippen LogP contribution is 2.30. The van der Waals surface area contributed by atoms with E-state index in [0.29, 0.717) is 22.5 Å². The molecule has 0 aliphatic rings. The van der Waals surface area contributed by atoms with Crippen molar-refractivity contribution < 1.29 is 4.74 Å². The molecule has 22 heavy (non-hydrogen) atoms. The van der Waals surface area contributed by atoms with Gasteiger partial charge in [0.1, 0.15) is 0 Å². The molecular formula is C16H13Cl2N3O. The first-order chi connectivity index (χ1) is 10.7. The van der Waals surface area contributed by atoms with E-state index >= 15 is 0 Å². The van der Waals surface area contributed by atoms with E-state index < -0.39 is 0 Å². The summed E-state index contributed by atoms with van der Waals surface area (Å²) in [7, 11) is 1.60. The van der Waals surface area contributed by atoms with E-state index in [0.717, 1.165) is 16.7 Å². The molecule has 0 unspecified atom stereocenters. The molecule has 1 aromatic carbocycles. The molecule has 0 radical (unpaired) electrons. The van der Waals surface area contributed by atoms with E-state index in [1.54, 1.807) is 30.4 Å². The highest BCUT2D eigenvalue weighted by molar-refractivity contribution is 6.31. The SMILES string of the molecule is COc1ncc(Cn2cc(Cl)cn2)cc1-c1cccc(Cl)c1. The molecule has 0 saturated carbocycles. The number of hydrogen-bond donors (Lipinski definition) is 0. The number of nitrogens with zero attached hydrogens (tertiary/aromatic N) is 3. The Hall–Kier alpha value is -2.04. The van der Waals surface area contributed by atoms with Gasteiger partial charge in [0.25, 0.3) is 0 Å². The van der Waals surface area contributed by atoms with Gasteiger partial charge in [-0.05, 0) is 29.3 Å². The molecule has 0 spiro atoms. The molecule has 2 heterocycles. The summed E-state index contributed by atoms with van der Waals surface area (Å²) >= 11 is 12.0. The van der Waals surface area contributed by atoms with Crippen LogP contribution in [-0.2, 0) is 6.54 Å². The fraction of sp³-hybridized carbons (Fsp3) is 0.125. The van der Waals surface area contributed by atoms with Gasteiger partial charge in [0.05, 0.1) is 24.9 Å². The predicted molar refractivity (Wildman–Crippen MR) is 87.6 cm³/mol. The molecule has 0 saturated heterocycles. The Morgan fingerprint density at radius 2 is 2.00 bits per heavy atom. The Balaban J connectivity index is 1.99. The van der Waals surface area contributed by atoms with Crippen molar-refractivity contribution in [2.75, 3.05) is 7.11 Å². The number of aromatic nitrogens is 3. The zero-order valence-corrected chi connectivity index (χ0v) is 13.3. The summed E-state index contributed by atoms with van der Waals surface area (Å²) in [5.41, 5.74) is 2.84. The normalized spacial score (nSPS) is 10.7. The van der Waals surface area contributed by atoms with Crippen LogP contribution in [0.15, 0.2) is 48.9 Å². The molecule has 2 aromatic heterocycles. The van der Waals surface area contributed by atoms with Crippen LogP contribution in [0, 0.1) is 0 Å². The van der Waals surface area contributed by atoms with E-state index in [1.165, 1.54) is 0 Å². The second kappa shape index (κ2) is 6.38. The number of halogens is 2. The lowest BCUT2D eigenvalue weighted by Gasteiger charge is -2.10. The van der Waals surface area contributed by atoms with Crippen LogP contribution in [-0.4, -0.2) is 21.9 Å². The van der Waals surface area contributed by atoms with Gasteiger partial charge in [0.15, 0.2) is 0 Å². The minimum atomic E-state index is 0.560. The third-order valence-corrected chi connectivity index (χ3v) is 3.61. The second-order valence-electron chi connectivity index (χ2n) is 4.77. The molecule has 0 bridgehead atoms. The van der Waals surface area contributed by atoms with E-state index in [4.69, 9.17) is 27.9 Å². The Labute approximate surface area is 138 Å². The lowest BCUT2D eigenvalue weighted by molar-refractivity contribution is 0.399. The lowest BCUT2D eigenvalue weighted by atomic mass is 10.1. The van der Waals surface area contributed by atoms with Gasteiger partial charge in [0.2, 0.25) is 5.88 Å². The van der Waals surface area contributed by atoms with Crippen LogP contribution in [0.5, 0.6) is 5.88 Å². The lowest BCUT2D eigenvalue weighted by Crippen LogP contribution is -2.02. The Bertz CT molecular complexity index is 802. The minimum Gasteiger partial charge on any atom is -0.481 e. The number of pyridine rings is 1. The van der Waals surface area contributed by atoms with Crippen molar-refractivity contribution in [2.45, 2.75) is 6.54 Å². The molecule has 0 aliphatic carbocycles. The molecule has 3 aromatic rings. The quantitative estimate of drug-likeness (QED) is 0.714. The van der Waals surface area contributed by atoms with E-state index in [2.05, 4.69) is 10.1 Å². The summed E-state index contributed by atoms with van der Waals surface area (Å²) in [4.78, 5) is 4.37. The maximum absolute atomic E-state index is 6.07. The van der Waals surface area contributed by atoms with Gasteiger partial charge >= 0.3 is 0 Å². The number of benzene rings is 1. The number of methoxy groups -OCH3 is 1. The average Bonchev–Trinajstić information content (AvgIpc) is 2.92. The number of ether oxygens (including phenoxy) is 1. The van der Waals surface area contributed by atoms with Gasteiger partial charge in [0, 0.05) is 23.0 Å². The summed E-state index contributed by atoms with van der Waals surface area (Å²) in [5, 5.41) is 5.45. The zero-order chi connectivity index (χ0) is 15.5. The van der Waals surface area contributed by atoms with Gasteiger partial charge in [-0.2, -0.15) is 5.10 Å². The first-order valence-electron chi connectivity index (χ1n) is 6.62. The van der Waals surface area contributed by atoms with Crippen LogP contribution in [0.2, 0.25) is 10.0 Å². The summed E-state index contributed by atoms with van der Waals surface area (Å²) in [6, 6.07) is 9.61. The fourth-order valence-electron chi connectivity index (χ4n) is 2.22. The topological polar surface area (TPSA) is 39.9 Å². The van der Waals surface area contributed by atoms with Crippen molar-refractivity contribution in [1.82, 2.24) is 14.8 Å². The third-order valence-electron chi connectivity index (χ3n) is 3.18. The van der Waals surface area contributed by atoms with Gasteiger partial charge in [-0.15, -0.1) is 0 Å². The molecule has 4 nitrogen and oxygen atoms in total. The van der Waals surface area contributed by atoms with Crippen molar-refractivity contribution in [3.8, 4) is 17.0 Å². The van der Waals surface area contributed by atoms with Crippen molar-refractivity contribution in [1.29, 1.82) is 0 Å². The van der Waals surface area contributed by atoms with E-state index in [9.17, 15) is 0 Å². The van der Waals surface area contributed by atoms with E-state index in [1.807, 2.05) is 30.3 Å². The second-order valence-corrected chi connectivity index (χ2v) is 5.64. The molecule has 0 aliphatic heterocycles. The highest BCUT2D eigenvalue weighted by Gasteiger charge is 2.10. The van der Waals surface area contributed by atoms with Gasteiger partial charge < -0.3 is 4.74 Å². The van der Waals surface area contributed by atoms with Crippen molar-refractivity contribution in [2.24, 2.45) is 0 Å². The van der Waals surface area contributed by atoms with Crippen LogP contribution < -0.4 is 4.74 Å². The first kappa shape index (κ1) is 14.9. The Kier molecular flexibility index (Phi) is 4.32. The van der Waals surface area contributed by atoms with Crippen molar-refractivity contribution in [3.05, 3.63) is 64.5 Å². The molecule has 0 N–H and O–H groups in total. The largest absolute Gasteiger partial charge is 0.481 e. The molecule has 0 fully saturated rings. The number of hydrogen-bond acceptors (Lipinski definition) is 3. The molecule has 112 valence electrons. The van der Waals surface area contributed by atoms with Crippen molar-refractivity contribution >= 4 is 23.2 Å². The van der Waals surface area contributed by atoms with Crippen LogP contribution in [0.3, 0.4) is 0 Å². The van der Waals surface area contributed by atoms with Crippen LogP contribution in [0.4, 0.5) is 0 Å². The Morgan fingerprint density at radius 3 is 2.68 bits per heavy atom. The zero-order valence-electron chi connectivity index (χ0n) is 11.8. The van der Waals surface area contributed by atoms with E-state index in [-0.39, 0.29) is 0 Å².